The molecular weight excluding hydrogens is 634 g/mol. The van der Waals surface area contributed by atoms with Crippen molar-refractivity contribution in [3.05, 3.63) is 71.8 Å². The molecule has 1 saturated heterocycles. The molecule has 0 aromatic heterocycles. The molecule has 49 heavy (non-hydrogen) atoms. The third kappa shape index (κ3) is 13.9. The van der Waals surface area contributed by atoms with Crippen molar-refractivity contribution >= 4 is 35.6 Å². The molecule has 3 rings (SSSR count). The van der Waals surface area contributed by atoms with E-state index in [1.165, 1.54) is 0 Å². The molecule has 1 fully saturated rings. The van der Waals surface area contributed by atoms with Crippen molar-refractivity contribution in [1.29, 1.82) is 0 Å². The highest BCUT2D eigenvalue weighted by Crippen LogP contribution is 2.11. The van der Waals surface area contributed by atoms with E-state index in [2.05, 4.69) is 31.9 Å². The van der Waals surface area contributed by atoms with Crippen molar-refractivity contribution in [3.63, 3.8) is 0 Å². The Balaban J connectivity index is 1.94. The summed E-state index contributed by atoms with van der Waals surface area (Å²) in [6.45, 7) is 4.66. The Kier molecular flexibility index (Phi) is 14.5. The van der Waals surface area contributed by atoms with Crippen molar-refractivity contribution in [3.8, 4) is 0 Å². The number of rotatable bonds is 6. The fraction of sp³-hybridized carbons (Fsp3) is 0.471. The quantitative estimate of drug-likeness (QED) is 0.190. The van der Waals surface area contributed by atoms with Crippen LogP contribution in [0.1, 0.15) is 44.7 Å². The van der Waals surface area contributed by atoms with Crippen molar-refractivity contribution in [2.75, 3.05) is 19.6 Å². The number of hydrogen-bond donors (Lipinski definition) is 8. The predicted octanol–water partition coefficient (Wildman–Crippen LogP) is -0.835. The van der Waals surface area contributed by atoms with Crippen LogP contribution in [0.4, 0.5) is 4.79 Å². The van der Waals surface area contributed by atoms with E-state index in [1.54, 1.807) is 45.0 Å². The van der Waals surface area contributed by atoms with Crippen LogP contribution < -0.4 is 37.6 Å². The van der Waals surface area contributed by atoms with E-state index in [-0.39, 0.29) is 32.5 Å². The van der Waals surface area contributed by atoms with E-state index in [9.17, 15) is 33.9 Å². The van der Waals surface area contributed by atoms with Gasteiger partial charge in [0.1, 0.15) is 17.7 Å². The van der Waals surface area contributed by atoms with Crippen LogP contribution in [0.3, 0.4) is 0 Å². The number of primary amides is 1. The number of nitrogens with one attached hydrogen (secondary N) is 6. The largest absolute Gasteiger partial charge is 0.444 e. The summed E-state index contributed by atoms with van der Waals surface area (Å²) in [4.78, 5) is 77.6. The minimum atomic E-state index is -1.39. The molecule has 0 radical (unpaired) electrons. The number of aliphatic hydroxyl groups is 1. The van der Waals surface area contributed by atoms with Crippen LogP contribution in [0.15, 0.2) is 60.7 Å². The first-order valence-corrected chi connectivity index (χ1v) is 16.1. The molecule has 3 unspecified atom stereocenters. The SMILES string of the molecule is CC(C)(C)OC(=O)NC1CC(=O)NCCNC(=O)C[C@@H](C(N)=O)NC(=O)[C@H](Cc2ccccc2)NCC(O)C(Cc2ccccc2)NC1=O. The van der Waals surface area contributed by atoms with Crippen LogP contribution in [-0.4, -0.2) is 96.2 Å². The molecule has 0 saturated carbocycles. The van der Waals surface area contributed by atoms with Gasteiger partial charge in [-0.15, -0.1) is 0 Å². The lowest BCUT2D eigenvalue weighted by atomic mass is 9.99. The number of amides is 6. The molecule has 1 aliphatic rings. The van der Waals surface area contributed by atoms with Gasteiger partial charge < -0.3 is 47.5 Å². The molecule has 0 bridgehead atoms. The maximum absolute atomic E-state index is 13.7. The second kappa shape index (κ2) is 18.5. The highest BCUT2D eigenvalue weighted by molar-refractivity contribution is 5.93. The fourth-order valence-corrected chi connectivity index (χ4v) is 5.02. The molecule has 2 aromatic carbocycles. The number of benzene rings is 2. The lowest BCUT2D eigenvalue weighted by Crippen LogP contribution is -2.58. The van der Waals surface area contributed by atoms with E-state index >= 15 is 0 Å². The smallest absolute Gasteiger partial charge is 0.408 e. The zero-order valence-electron chi connectivity index (χ0n) is 28.0. The second-order valence-corrected chi connectivity index (χ2v) is 12.8. The molecule has 9 N–H and O–H groups in total. The summed E-state index contributed by atoms with van der Waals surface area (Å²) in [5.74, 6) is -3.53. The molecular formula is C34H47N7O8. The van der Waals surface area contributed by atoms with Gasteiger partial charge in [-0.1, -0.05) is 60.7 Å². The summed E-state index contributed by atoms with van der Waals surface area (Å²) in [5.41, 5.74) is 6.19. The Labute approximate surface area is 285 Å². The molecule has 266 valence electrons. The lowest BCUT2D eigenvalue weighted by molar-refractivity contribution is -0.131. The van der Waals surface area contributed by atoms with Crippen LogP contribution in [-0.2, 0) is 41.6 Å². The summed E-state index contributed by atoms with van der Waals surface area (Å²) in [5, 5.41) is 27.4. The first-order valence-electron chi connectivity index (χ1n) is 16.1. The molecule has 2 aromatic rings. The van der Waals surface area contributed by atoms with E-state index in [4.69, 9.17) is 10.5 Å². The minimum Gasteiger partial charge on any atom is -0.444 e. The summed E-state index contributed by atoms with van der Waals surface area (Å²) in [7, 11) is 0. The number of ether oxygens (including phenoxy) is 1. The predicted molar refractivity (Wildman–Crippen MR) is 180 cm³/mol. The Morgan fingerprint density at radius 1 is 0.837 bits per heavy atom. The fourth-order valence-electron chi connectivity index (χ4n) is 5.02. The third-order valence-corrected chi connectivity index (χ3v) is 7.48. The summed E-state index contributed by atoms with van der Waals surface area (Å²) in [6.07, 6.45) is -2.82. The monoisotopic (exact) mass is 681 g/mol. The Morgan fingerprint density at radius 2 is 1.39 bits per heavy atom. The van der Waals surface area contributed by atoms with Gasteiger partial charge in [0.05, 0.1) is 31.0 Å². The van der Waals surface area contributed by atoms with Crippen molar-refractivity contribution in [1.82, 2.24) is 31.9 Å². The molecule has 6 amide bonds. The molecule has 15 nitrogen and oxygen atoms in total. The van der Waals surface area contributed by atoms with Crippen LogP contribution >= 0.6 is 0 Å². The van der Waals surface area contributed by atoms with E-state index in [0.29, 0.717) is 0 Å². The van der Waals surface area contributed by atoms with Crippen LogP contribution in [0.2, 0.25) is 0 Å². The van der Waals surface area contributed by atoms with Gasteiger partial charge in [0, 0.05) is 19.6 Å². The van der Waals surface area contributed by atoms with E-state index in [0.717, 1.165) is 11.1 Å². The highest BCUT2D eigenvalue weighted by Gasteiger charge is 2.32. The van der Waals surface area contributed by atoms with Gasteiger partial charge in [-0.3, -0.25) is 24.0 Å². The Morgan fingerprint density at radius 3 is 1.94 bits per heavy atom. The number of hydrogen-bond acceptors (Lipinski definition) is 9. The number of alkyl carbamates (subject to hydrolysis) is 1. The van der Waals surface area contributed by atoms with Gasteiger partial charge in [0.2, 0.25) is 29.5 Å². The summed E-state index contributed by atoms with van der Waals surface area (Å²) < 4.78 is 5.31. The third-order valence-electron chi connectivity index (χ3n) is 7.48. The topological polar surface area (TPSA) is 230 Å². The summed E-state index contributed by atoms with van der Waals surface area (Å²) in [6, 6.07) is 13.4. The second-order valence-electron chi connectivity index (χ2n) is 12.8. The average molecular weight is 682 g/mol. The lowest BCUT2D eigenvalue weighted by Gasteiger charge is -2.29. The molecule has 1 aliphatic heterocycles. The van der Waals surface area contributed by atoms with Crippen LogP contribution in [0.5, 0.6) is 0 Å². The number of β-amino-alcohol motifs (C(OH)–C–C–N with tert-alkyl or cyclic N) is 1. The maximum Gasteiger partial charge on any atom is 0.408 e. The van der Waals surface area contributed by atoms with Crippen molar-refractivity contribution < 1.29 is 38.6 Å². The zero-order valence-corrected chi connectivity index (χ0v) is 28.0. The molecule has 0 aliphatic carbocycles. The number of carbonyl (C=O) groups excluding carboxylic acids is 6. The Bertz CT molecular complexity index is 1440. The van der Waals surface area contributed by atoms with Gasteiger partial charge in [0.15, 0.2) is 0 Å². The van der Waals surface area contributed by atoms with E-state index in [1.807, 2.05) is 36.4 Å². The average Bonchev–Trinajstić information content (AvgIpc) is 3.03. The zero-order chi connectivity index (χ0) is 36.0. The standard InChI is InChI=1S/C34H47N7O8/c1-34(2,3)49-33(48)41-26-19-29(44)37-15-14-36-28(43)18-24(30(35)45)40-31(46)25(17-22-12-8-5-9-13-22)38-20-27(42)23(39-32(26)47)16-21-10-6-4-7-11-21/h4-13,23-27,38,42H,14-20H2,1-3H3,(H2,35,45)(H,36,43)(H,37,44)(H,39,47)(H,40,46)(H,41,48)/t23?,24-,25-,26?,27?/m0/s1. The normalized spacial score (nSPS) is 23.6. The first kappa shape index (κ1) is 38.4. The summed E-state index contributed by atoms with van der Waals surface area (Å²) >= 11 is 0. The minimum absolute atomic E-state index is 0.0378. The van der Waals surface area contributed by atoms with Gasteiger partial charge in [-0.05, 0) is 44.7 Å². The first-order chi connectivity index (χ1) is 23.2. The molecule has 1 heterocycles. The van der Waals surface area contributed by atoms with E-state index < -0.39 is 84.3 Å². The van der Waals surface area contributed by atoms with Gasteiger partial charge in [0.25, 0.3) is 0 Å². The Hall–Kier alpha value is -5.02. The number of aliphatic hydroxyl groups excluding tert-OH is 1. The van der Waals surface area contributed by atoms with Gasteiger partial charge in [-0.25, -0.2) is 4.79 Å². The maximum atomic E-state index is 13.7. The molecule has 15 heteroatoms. The highest BCUT2D eigenvalue weighted by atomic mass is 16.6. The van der Waals surface area contributed by atoms with Gasteiger partial charge >= 0.3 is 6.09 Å². The molecule has 5 atom stereocenters. The number of nitrogens with two attached hydrogens (primary N) is 1. The van der Waals surface area contributed by atoms with Crippen molar-refractivity contribution in [2.45, 2.75) is 82.3 Å². The van der Waals surface area contributed by atoms with Crippen LogP contribution in [0, 0.1) is 0 Å². The molecule has 0 spiro atoms. The number of carbonyl (C=O) groups is 6. The van der Waals surface area contributed by atoms with Crippen molar-refractivity contribution in [2.24, 2.45) is 5.73 Å². The van der Waals surface area contributed by atoms with Crippen LogP contribution in [0.25, 0.3) is 0 Å². The van der Waals surface area contributed by atoms with Gasteiger partial charge in [-0.2, -0.15) is 0 Å².